The molecule has 0 heterocycles. The van der Waals surface area contributed by atoms with Crippen LogP contribution in [0.15, 0.2) is 0 Å². The van der Waals surface area contributed by atoms with E-state index >= 15 is 0 Å². The molecule has 0 N–H and O–H groups in total. The number of esters is 2. The van der Waals surface area contributed by atoms with E-state index in [9.17, 15) is 14.4 Å². The van der Waals surface area contributed by atoms with Crippen molar-refractivity contribution in [1.29, 1.82) is 0 Å². The van der Waals surface area contributed by atoms with E-state index in [2.05, 4.69) is 0 Å². The number of carbonyl (C=O) groups excluding carboxylic acids is 3. The first-order valence-corrected chi connectivity index (χ1v) is 6.46. The summed E-state index contributed by atoms with van der Waals surface area (Å²) < 4.78 is 9.50. The fourth-order valence-corrected chi connectivity index (χ4v) is 1.93. The third-order valence-electron chi connectivity index (χ3n) is 3.20. The van der Waals surface area contributed by atoms with Gasteiger partial charge in [-0.2, -0.15) is 0 Å². The van der Waals surface area contributed by atoms with E-state index in [1.807, 2.05) is 13.8 Å². The molecule has 0 atom stereocenters. The molecule has 0 saturated heterocycles. The Morgan fingerprint density at radius 3 is 1.79 bits per heavy atom. The summed E-state index contributed by atoms with van der Waals surface area (Å²) in [7, 11) is 2.48. The molecule has 0 radical (unpaired) electrons. The molecule has 5 nitrogen and oxygen atoms in total. The van der Waals surface area contributed by atoms with Crippen LogP contribution in [0.5, 0.6) is 0 Å². The first-order chi connectivity index (χ1) is 8.80. The molecule has 0 aliphatic carbocycles. The summed E-state index contributed by atoms with van der Waals surface area (Å²) in [5.41, 5.74) is -1.36. The first kappa shape index (κ1) is 17.6. The Morgan fingerprint density at radius 1 is 1.00 bits per heavy atom. The average molecular weight is 272 g/mol. The highest BCUT2D eigenvalue weighted by molar-refractivity contribution is 6.00. The zero-order chi connectivity index (χ0) is 15.1. The lowest BCUT2D eigenvalue weighted by Gasteiger charge is -2.28. The van der Waals surface area contributed by atoms with Crippen LogP contribution in [0.3, 0.4) is 0 Å². The Bertz CT molecular complexity index is 317. The third-order valence-corrected chi connectivity index (χ3v) is 3.20. The summed E-state index contributed by atoms with van der Waals surface area (Å²) >= 11 is 0. The monoisotopic (exact) mass is 272 g/mol. The molecule has 110 valence electrons. The van der Waals surface area contributed by atoms with Crippen LogP contribution in [-0.4, -0.2) is 31.9 Å². The van der Waals surface area contributed by atoms with Crippen LogP contribution in [0.4, 0.5) is 0 Å². The molecule has 0 aromatic rings. The van der Waals surface area contributed by atoms with Gasteiger partial charge in [-0.1, -0.05) is 13.8 Å². The van der Waals surface area contributed by atoms with Gasteiger partial charge in [-0.25, -0.2) is 0 Å². The van der Waals surface area contributed by atoms with Gasteiger partial charge in [0.1, 0.15) is 5.78 Å². The Hall–Kier alpha value is -1.39. The standard InChI is InChI=1S/C14H24O5/c1-10(2)6-8-14(12(16)18-4,13(17)19-5)9-7-11(3)15/h10H,6-9H2,1-5H3. The minimum Gasteiger partial charge on any atom is -0.468 e. The average Bonchev–Trinajstić information content (AvgIpc) is 2.37. The number of rotatable bonds is 8. The number of hydrogen-bond acceptors (Lipinski definition) is 5. The predicted molar refractivity (Wildman–Crippen MR) is 70.5 cm³/mol. The van der Waals surface area contributed by atoms with Gasteiger partial charge >= 0.3 is 11.9 Å². The van der Waals surface area contributed by atoms with Gasteiger partial charge < -0.3 is 14.3 Å². The zero-order valence-electron chi connectivity index (χ0n) is 12.4. The molecule has 5 heteroatoms. The van der Waals surface area contributed by atoms with Crippen molar-refractivity contribution >= 4 is 17.7 Å². The maximum atomic E-state index is 12.0. The second-order valence-corrected chi connectivity index (χ2v) is 5.20. The molecule has 0 saturated carbocycles. The Kier molecular flexibility index (Phi) is 7.34. The fourth-order valence-electron chi connectivity index (χ4n) is 1.93. The highest BCUT2D eigenvalue weighted by atomic mass is 16.5. The van der Waals surface area contributed by atoms with Crippen molar-refractivity contribution in [1.82, 2.24) is 0 Å². The van der Waals surface area contributed by atoms with E-state index in [0.717, 1.165) is 0 Å². The molecule has 0 bridgehead atoms. The van der Waals surface area contributed by atoms with Crippen LogP contribution in [0.2, 0.25) is 0 Å². The van der Waals surface area contributed by atoms with E-state index in [-0.39, 0.29) is 18.6 Å². The van der Waals surface area contributed by atoms with Crippen LogP contribution in [0.25, 0.3) is 0 Å². The second-order valence-electron chi connectivity index (χ2n) is 5.20. The number of ketones is 1. The van der Waals surface area contributed by atoms with Crippen molar-refractivity contribution in [3.8, 4) is 0 Å². The molecule has 0 aromatic heterocycles. The van der Waals surface area contributed by atoms with Crippen molar-refractivity contribution in [2.45, 2.75) is 46.5 Å². The molecule has 19 heavy (non-hydrogen) atoms. The Labute approximate surface area is 114 Å². The summed E-state index contributed by atoms with van der Waals surface area (Å²) in [6, 6.07) is 0. The van der Waals surface area contributed by atoms with Gasteiger partial charge in [0.25, 0.3) is 0 Å². The van der Waals surface area contributed by atoms with Gasteiger partial charge in [-0.05, 0) is 32.1 Å². The van der Waals surface area contributed by atoms with Crippen molar-refractivity contribution in [2.24, 2.45) is 11.3 Å². The highest BCUT2D eigenvalue weighted by Crippen LogP contribution is 2.34. The number of ether oxygens (including phenoxy) is 2. The van der Waals surface area contributed by atoms with Crippen molar-refractivity contribution < 1.29 is 23.9 Å². The number of carbonyl (C=O) groups is 3. The van der Waals surface area contributed by atoms with Gasteiger partial charge in [-0.3, -0.25) is 9.59 Å². The third kappa shape index (κ3) is 5.01. The van der Waals surface area contributed by atoms with Gasteiger partial charge in [0.05, 0.1) is 14.2 Å². The first-order valence-electron chi connectivity index (χ1n) is 6.46. The zero-order valence-corrected chi connectivity index (χ0v) is 12.4. The topological polar surface area (TPSA) is 69.7 Å². The quantitative estimate of drug-likeness (QED) is 0.500. The second kappa shape index (κ2) is 7.92. The minimum absolute atomic E-state index is 0.0678. The minimum atomic E-state index is -1.36. The molecular weight excluding hydrogens is 248 g/mol. The molecule has 0 aliphatic heterocycles. The summed E-state index contributed by atoms with van der Waals surface area (Å²) in [4.78, 5) is 35.2. The predicted octanol–water partition coefficient (Wildman–Crippen LogP) is 2.12. The molecule has 0 rings (SSSR count). The lowest BCUT2D eigenvalue weighted by Crippen LogP contribution is -2.42. The van der Waals surface area contributed by atoms with Crippen molar-refractivity contribution in [2.75, 3.05) is 14.2 Å². The Balaban J connectivity index is 5.25. The molecule has 0 amide bonds. The van der Waals surface area contributed by atoms with Crippen LogP contribution in [0, 0.1) is 11.3 Å². The normalized spacial score (nSPS) is 11.3. The van der Waals surface area contributed by atoms with Crippen LogP contribution < -0.4 is 0 Å². The maximum absolute atomic E-state index is 12.0. The van der Waals surface area contributed by atoms with Gasteiger partial charge in [0.2, 0.25) is 0 Å². The maximum Gasteiger partial charge on any atom is 0.323 e. The highest BCUT2D eigenvalue weighted by Gasteiger charge is 2.47. The lowest BCUT2D eigenvalue weighted by molar-refractivity contribution is -0.170. The van der Waals surface area contributed by atoms with E-state index in [0.29, 0.717) is 18.8 Å². The van der Waals surface area contributed by atoms with Crippen LogP contribution in [0.1, 0.15) is 46.5 Å². The van der Waals surface area contributed by atoms with E-state index in [1.165, 1.54) is 21.1 Å². The number of hydrogen-bond donors (Lipinski definition) is 0. The summed E-state index contributed by atoms with van der Waals surface area (Å²) in [5.74, 6) is -0.977. The largest absolute Gasteiger partial charge is 0.468 e. The van der Waals surface area contributed by atoms with Gasteiger partial charge in [0, 0.05) is 6.42 Å². The van der Waals surface area contributed by atoms with Gasteiger partial charge in [-0.15, -0.1) is 0 Å². The lowest BCUT2D eigenvalue weighted by atomic mass is 9.77. The van der Waals surface area contributed by atoms with Gasteiger partial charge in [0.15, 0.2) is 5.41 Å². The summed E-state index contributed by atoms with van der Waals surface area (Å²) in [6.45, 7) is 5.44. The smallest absolute Gasteiger partial charge is 0.323 e. The SMILES string of the molecule is COC(=O)C(CCC(C)=O)(CCC(C)C)C(=O)OC. The number of methoxy groups -OCH3 is 2. The number of Topliss-reactive ketones (excluding diaryl/α,β-unsaturated/α-hetero) is 1. The summed E-state index contributed by atoms with van der Waals surface area (Å²) in [5, 5.41) is 0. The van der Waals surface area contributed by atoms with Crippen molar-refractivity contribution in [3.63, 3.8) is 0 Å². The van der Waals surface area contributed by atoms with Crippen LogP contribution in [-0.2, 0) is 23.9 Å². The van der Waals surface area contributed by atoms with E-state index in [1.54, 1.807) is 0 Å². The van der Waals surface area contributed by atoms with Crippen molar-refractivity contribution in [3.05, 3.63) is 0 Å². The molecule has 0 unspecified atom stereocenters. The molecular formula is C14H24O5. The molecule has 0 fully saturated rings. The molecule has 0 spiro atoms. The van der Waals surface area contributed by atoms with Crippen LogP contribution >= 0.6 is 0 Å². The summed E-state index contributed by atoms with van der Waals surface area (Å²) in [6.07, 6.45) is 1.30. The fraction of sp³-hybridized carbons (Fsp3) is 0.786. The Morgan fingerprint density at radius 2 is 1.47 bits per heavy atom. The van der Waals surface area contributed by atoms with E-state index < -0.39 is 17.4 Å². The molecule has 0 aliphatic rings. The van der Waals surface area contributed by atoms with E-state index in [4.69, 9.17) is 9.47 Å². The molecule has 0 aromatic carbocycles.